The van der Waals surface area contributed by atoms with E-state index in [9.17, 15) is 24.6 Å². The van der Waals surface area contributed by atoms with Gasteiger partial charge in [0.1, 0.15) is 11.5 Å². The summed E-state index contributed by atoms with van der Waals surface area (Å²) in [6.07, 6.45) is 9.18. The van der Waals surface area contributed by atoms with E-state index in [0.717, 1.165) is 31.3 Å². The highest BCUT2D eigenvalue weighted by Gasteiger charge is 2.74. The lowest BCUT2D eigenvalue weighted by Crippen LogP contribution is -2.68. The van der Waals surface area contributed by atoms with Gasteiger partial charge in [0.25, 0.3) is 0 Å². The van der Waals surface area contributed by atoms with Gasteiger partial charge in [0.2, 0.25) is 12.6 Å². The van der Waals surface area contributed by atoms with Gasteiger partial charge in [-0.15, -0.1) is 0 Å². The zero-order chi connectivity index (χ0) is 31.9. The second-order valence-electron chi connectivity index (χ2n) is 12.2. The predicted octanol–water partition coefficient (Wildman–Crippen LogP) is 5.23. The van der Waals surface area contributed by atoms with Crippen LogP contribution in [0.15, 0.2) is 60.8 Å². The minimum atomic E-state index is -1.46. The number of aliphatic hydroxyl groups excluding tert-OH is 2. The Morgan fingerprint density at radius 3 is 2.44 bits per heavy atom. The molecule has 0 unspecified atom stereocenters. The maximum Gasteiger partial charge on any atom is 0.331 e. The smallest absolute Gasteiger partial charge is 0.331 e. The molecule has 0 aromatic heterocycles. The highest BCUT2D eigenvalue weighted by atomic mass is 16.8. The molecule has 1 saturated heterocycles. The molecule has 2 aliphatic carbocycles. The Morgan fingerprint density at radius 1 is 1.12 bits per heavy atom. The normalized spacial score (nSPS) is 35.1. The summed E-state index contributed by atoms with van der Waals surface area (Å²) >= 11 is 0. The second kappa shape index (κ2) is 14.6. The summed E-state index contributed by atoms with van der Waals surface area (Å²) in [6, 6.07) is 0. The molecular weight excluding hydrogens is 552 g/mol. The Kier molecular flexibility index (Phi) is 11.7. The van der Waals surface area contributed by atoms with Gasteiger partial charge in [0.15, 0.2) is 0 Å². The highest BCUT2D eigenvalue weighted by Crippen LogP contribution is 2.67. The average Bonchev–Trinajstić information content (AvgIpc) is 3.23. The fourth-order valence-electron chi connectivity index (χ4n) is 7.11. The molecular formula is C34H48O9. The summed E-state index contributed by atoms with van der Waals surface area (Å²) in [5, 5.41) is 23.1. The third-order valence-corrected chi connectivity index (χ3v) is 9.46. The van der Waals surface area contributed by atoms with Gasteiger partial charge in [0, 0.05) is 25.5 Å². The maximum absolute atomic E-state index is 13.2. The number of unbranched alkanes of at least 4 members (excludes halogenated alkanes) is 3. The quantitative estimate of drug-likeness (QED) is 0.0729. The summed E-state index contributed by atoms with van der Waals surface area (Å²) in [5.41, 5.74) is -1.04. The number of carbonyl (C=O) groups excluding carboxylic acids is 3. The van der Waals surface area contributed by atoms with E-state index < -0.39 is 71.5 Å². The van der Waals surface area contributed by atoms with Crippen molar-refractivity contribution in [3.05, 3.63) is 60.8 Å². The van der Waals surface area contributed by atoms with Crippen molar-refractivity contribution in [1.29, 1.82) is 0 Å². The number of allylic oxidation sites excluding steroid dienone is 5. The van der Waals surface area contributed by atoms with E-state index in [4.69, 9.17) is 18.9 Å². The molecule has 43 heavy (non-hydrogen) atoms. The van der Waals surface area contributed by atoms with Gasteiger partial charge in [0.05, 0.1) is 12.2 Å². The Labute approximate surface area is 255 Å². The van der Waals surface area contributed by atoms with Crippen molar-refractivity contribution in [2.75, 3.05) is 0 Å². The van der Waals surface area contributed by atoms with Crippen LogP contribution >= 0.6 is 0 Å². The fraction of sp³-hybridized carbons (Fsp3) is 0.618. The van der Waals surface area contributed by atoms with Gasteiger partial charge in [-0.3, -0.25) is 14.3 Å². The first kappa shape index (κ1) is 34.5. The molecule has 1 heterocycles. The van der Waals surface area contributed by atoms with E-state index >= 15 is 0 Å². The molecule has 1 aliphatic heterocycles. The van der Waals surface area contributed by atoms with Crippen LogP contribution in [0, 0.1) is 22.7 Å². The number of rotatable bonds is 13. The van der Waals surface area contributed by atoms with Crippen LogP contribution < -0.4 is 0 Å². The maximum atomic E-state index is 13.2. The van der Waals surface area contributed by atoms with Crippen LogP contribution in [0.2, 0.25) is 0 Å². The van der Waals surface area contributed by atoms with Crippen molar-refractivity contribution in [2.45, 2.75) is 110 Å². The number of aliphatic hydroxyl groups is 2. The summed E-state index contributed by atoms with van der Waals surface area (Å²) in [7, 11) is 0. The monoisotopic (exact) mass is 600 g/mol. The molecule has 238 valence electrons. The topological polar surface area (TPSA) is 129 Å². The molecule has 0 bridgehead atoms. The van der Waals surface area contributed by atoms with Crippen LogP contribution in [-0.2, 0) is 33.3 Å². The Balaban J connectivity index is 2.13. The Hall–Kier alpha value is -3.01. The van der Waals surface area contributed by atoms with Crippen LogP contribution in [0.3, 0.4) is 0 Å². The largest absolute Gasteiger partial charge is 0.455 e. The van der Waals surface area contributed by atoms with Crippen molar-refractivity contribution in [3.8, 4) is 0 Å². The molecule has 9 nitrogen and oxygen atoms in total. The summed E-state index contributed by atoms with van der Waals surface area (Å²) in [6.45, 7) is 16.3. The molecule has 0 amide bonds. The van der Waals surface area contributed by atoms with Crippen molar-refractivity contribution in [3.63, 3.8) is 0 Å². The first-order valence-corrected chi connectivity index (χ1v) is 15.2. The third-order valence-electron chi connectivity index (χ3n) is 9.46. The Bertz CT molecular complexity index is 1150. The molecule has 2 N–H and O–H groups in total. The molecule has 0 aromatic carbocycles. The van der Waals surface area contributed by atoms with Gasteiger partial charge in [-0.05, 0) is 55.4 Å². The average molecular weight is 601 g/mol. The SMILES string of the molecule is C=CC(=C)CC[C@]1(C)[C@H](C)[C@@H](O)[C@H](OC(=O)C=C/C=C/CCCCC)[C@@]23C(=C[C@H](O)C[C@@H]12)[C@@H](OC(C)=O)O[C@@H]3OC(C)=O. The van der Waals surface area contributed by atoms with Gasteiger partial charge in [-0.2, -0.15) is 0 Å². The van der Waals surface area contributed by atoms with Crippen molar-refractivity contribution in [2.24, 2.45) is 22.7 Å². The van der Waals surface area contributed by atoms with Crippen LogP contribution in [-0.4, -0.2) is 59.0 Å². The number of hydrogen-bond acceptors (Lipinski definition) is 9. The molecule has 2 fully saturated rings. The molecule has 9 heteroatoms. The van der Waals surface area contributed by atoms with Gasteiger partial charge < -0.3 is 24.4 Å². The lowest BCUT2D eigenvalue weighted by atomic mass is 9.44. The van der Waals surface area contributed by atoms with Crippen molar-refractivity contribution < 1.29 is 43.5 Å². The lowest BCUT2D eigenvalue weighted by molar-refractivity contribution is -0.276. The summed E-state index contributed by atoms with van der Waals surface area (Å²) in [5.74, 6) is -2.98. The number of hydrogen-bond donors (Lipinski definition) is 2. The van der Waals surface area contributed by atoms with Crippen molar-refractivity contribution in [1.82, 2.24) is 0 Å². The van der Waals surface area contributed by atoms with Gasteiger partial charge in [-0.1, -0.05) is 76.6 Å². The first-order valence-electron chi connectivity index (χ1n) is 15.2. The number of carbonyl (C=O) groups is 3. The number of esters is 3. The van der Waals surface area contributed by atoms with E-state index in [2.05, 4.69) is 20.1 Å². The molecule has 3 rings (SSSR count). The van der Waals surface area contributed by atoms with E-state index in [1.165, 1.54) is 26.0 Å². The van der Waals surface area contributed by atoms with E-state index in [0.29, 0.717) is 18.4 Å². The van der Waals surface area contributed by atoms with Gasteiger partial charge in [-0.25, -0.2) is 4.79 Å². The van der Waals surface area contributed by atoms with Crippen LogP contribution in [0.1, 0.15) is 79.6 Å². The van der Waals surface area contributed by atoms with Crippen LogP contribution in [0.25, 0.3) is 0 Å². The summed E-state index contributed by atoms with van der Waals surface area (Å²) in [4.78, 5) is 37.8. The van der Waals surface area contributed by atoms with Crippen molar-refractivity contribution >= 4 is 17.9 Å². The van der Waals surface area contributed by atoms with E-state index in [1.807, 2.05) is 19.9 Å². The lowest BCUT2D eigenvalue weighted by Gasteiger charge is -2.62. The standard InChI is InChI=1S/C34H48O9/c1-8-10-11-12-13-14-15-16-28(38)42-30-29(39)22(4)33(7,18-17-21(3)9-2)27-20-25(37)19-26-31(40-23(5)35)43-32(34(26,27)30)41-24(6)36/h9,13-16,19,22,25,27,29-32,37,39H,2-3,8,10-12,17-18,20H2,1,4-7H3/b14-13+,16-15?/t22-,25+,27+,29-,30+,31+,32+,33-,34-/m1/s1. The molecule has 0 aromatic rings. The minimum Gasteiger partial charge on any atom is -0.455 e. The fourth-order valence-corrected chi connectivity index (χ4v) is 7.11. The molecule has 1 saturated carbocycles. The van der Waals surface area contributed by atoms with Gasteiger partial charge >= 0.3 is 17.9 Å². The van der Waals surface area contributed by atoms with Crippen LogP contribution in [0.5, 0.6) is 0 Å². The molecule has 0 radical (unpaired) electrons. The van der Waals surface area contributed by atoms with Crippen LogP contribution in [0.4, 0.5) is 0 Å². The third kappa shape index (κ3) is 7.21. The second-order valence-corrected chi connectivity index (χ2v) is 12.2. The molecule has 9 atom stereocenters. The Morgan fingerprint density at radius 2 is 1.81 bits per heavy atom. The minimum absolute atomic E-state index is 0.204. The zero-order valence-corrected chi connectivity index (χ0v) is 26.1. The first-order chi connectivity index (χ1) is 20.3. The molecule has 3 aliphatic rings. The summed E-state index contributed by atoms with van der Waals surface area (Å²) < 4.78 is 23.4. The van der Waals surface area contributed by atoms with E-state index in [-0.39, 0.29) is 6.42 Å². The van der Waals surface area contributed by atoms with E-state index in [1.54, 1.807) is 18.2 Å². The number of ether oxygens (including phenoxy) is 4. The highest BCUT2D eigenvalue weighted by molar-refractivity contribution is 5.82. The predicted molar refractivity (Wildman–Crippen MR) is 161 cm³/mol. The molecule has 1 spiro atoms. The zero-order valence-electron chi connectivity index (χ0n) is 26.1.